The maximum Gasteiger partial charge on any atom is 0.312 e. The largest absolute Gasteiger partial charge is 0.462 e. The molecule has 0 aromatic rings. The molecule has 13 heavy (non-hydrogen) atoms. The first-order chi connectivity index (χ1) is 6.12. The molecular weight excluding hydrogens is 164 g/mol. The summed E-state index contributed by atoms with van der Waals surface area (Å²) >= 11 is 0. The molecule has 0 radical (unpaired) electrons. The molecule has 1 heterocycles. The van der Waals surface area contributed by atoms with Gasteiger partial charge in [-0.2, -0.15) is 0 Å². The molecule has 0 N–H and O–H groups in total. The molecule has 1 rings (SSSR count). The first-order valence-corrected chi connectivity index (χ1v) is 5.33. The quantitative estimate of drug-likeness (QED) is 0.628. The SMILES string of the molecule is CCCCC1(C)CC(CC)OC1=O. The molecule has 0 aromatic carbocycles. The van der Waals surface area contributed by atoms with Crippen molar-refractivity contribution in [1.29, 1.82) is 0 Å². The second-order valence-corrected chi connectivity index (χ2v) is 4.30. The molecule has 0 aromatic heterocycles. The molecule has 76 valence electrons. The summed E-state index contributed by atoms with van der Waals surface area (Å²) in [6, 6.07) is 0. The number of cyclic esters (lactones) is 1. The van der Waals surface area contributed by atoms with E-state index in [1.54, 1.807) is 0 Å². The number of hydrogen-bond donors (Lipinski definition) is 0. The minimum absolute atomic E-state index is 0.0211. The van der Waals surface area contributed by atoms with Crippen LogP contribution in [0.4, 0.5) is 0 Å². The molecule has 2 heteroatoms. The fourth-order valence-corrected chi connectivity index (χ4v) is 1.92. The van der Waals surface area contributed by atoms with Crippen LogP contribution in [0.25, 0.3) is 0 Å². The Hall–Kier alpha value is -0.530. The van der Waals surface area contributed by atoms with Crippen molar-refractivity contribution < 1.29 is 9.53 Å². The van der Waals surface area contributed by atoms with Gasteiger partial charge in [-0.3, -0.25) is 4.79 Å². The predicted molar refractivity (Wildman–Crippen MR) is 52.4 cm³/mol. The lowest BCUT2D eigenvalue weighted by Gasteiger charge is -2.17. The molecule has 1 aliphatic rings. The van der Waals surface area contributed by atoms with Crippen LogP contribution in [0.1, 0.15) is 52.9 Å². The van der Waals surface area contributed by atoms with Crippen molar-refractivity contribution in [3.63, 3.8) is 0 Å². The zero-order chi connectivity index (χ0) is 9.90. The highest BCUT2D eigenvalue weighted by molar-refractivity contribution is 5.78. The van der Waals surface area contributed by atoms with E-state index >= 15 is 0 Å². The summed E-state index contributed by atoms with van der Waals surface area (Å²) in [6.45, 7) is 6.27. The van der Waals surface area contributed by atoms with Crippen molar-refractivity contribution in [3.05, 3.63) is 0 Å². The van der Waals surface area contributed by atoms with Crippen molar-refractivity contribution in [3.8, 4) is 0 Å². The van der Waals surface area contributed by atoms with Crippen LogP contribution in [0.15, 0.2) is 0 Å². The third-order valence-electron chi connectivity index (χ3n) is 2.98. The van der Waals surface area contributed by atoms with Crippen LogP contribution in [0, 0.1) is 5.41 Å². The highest BCUT2D eigenvalue weighted by Gasteiger charge is 2.43. The van der Waals surface area contributed by atoms with E-state index in [1.807, 2.05) is 6.92 Å². The van der Waals surface area contributed by atoms with E-state index in [-0.39, 0.29) is 17.5 Å². The number of hydrogen-bond acceptors (Lipinski definition) is 2. The highest BCUT2D eigenvalue weighted by atomic mass is 16.6. The lowest BCUT2D eigenvalue weighted by molar-refractivity contribution is -0.148. The number of esters is 1. The van der Waals surface area contributed by atoms with Crippen molar-refractivity contribution in [2.45, 2.75) is 59.0 Å². The monoisotopic (exact) mass is 184 g/mol. The Morgan fingerprint density at radius 3 is 2.69 bits per heavy atom. The van der Waals surface area contributed by atoms with E-state index in [9.17, 15) is 4.79 Å². The Bertz CT molecular complexity index is 189. The van der Waals surface area contributed by atoms with Crippen LogP contribution in [0.2, 0.25) is 0 Å². The van der Waals surface area contributed by atoms with Gasteiger partial charge in [0.2, 0.25) is 0 Å². The summed E-state index contributed by atoms with van der Waals surface area (Å²) in [5, 5.41) is 0. The fraction of sp³-hybridized carbons (Fsp3) is 0.909. The van der Waals surface area contributed by atoms with Crippen LogP contribution in [0.3, 0.4) is 0 Å². The number of unbranched alkanes of at least 4 members (excludes halogenated alkanes) is 1. The van der Waals surface area contributed by atoms with E-state index in [0.717, 1.165) is 32.1 Å². The molecule has 0 bridgehead atoms. The zero-order valence-corrected chi connectivity index (χ0v) is 8.93. The molecule has 1 saturated heterocycles. The molecular formula is C11H20O2. The first kappa shape index (κ1) is 10.6. The molecule has 2 atom stereocenters. The number of carbonyl (C=O) groups is 1. The van der Waals surface area contributed by atoms with E-state index in [4.69, 9.17) is 4.74 Å². The van der Waals surface area contributed by atoms with Crippen molar-refractivity contribution >= 4 is 5.97 Å². The Kier molecular flexibility index (Phi) is 3.34. The van der Waals surface area contributed by atoms with E-state index in [0.29, 0.717) is 0 Å². The average molecular weight is 184 g/mol. The van der Waals surface area contributed by atoms with Crippen LogP contribution in [-0.2, 0) is 9.53 Å². The van der Waals surface area contributed by atoms with Gasteiger partial charge in [0.1, 0.15) is 6.10 Å². The minimum atomic E-state index is -0.184. The van der Waals surface area contributed by atoms with Gasteiger partial charge in [0.25, 0.3) is 0 Å². The molecule has 1 fully saturated rings. The molecule has 2 nitrogen and oxygen atoms in total. The summed E-state index contributed by atoms with van der Waals surface area (Å²) in [4.78, 5) is 11.5. The summed E-state index contributed by atoms with van der Waals surface area (Å²) in [7, 11) is 0. The Morgan fingerprint density at radius 2 is 2.23 bits per heavy atom. The minimum Gasteiger partial charge on any atom is -0.462 e. The molecule has 0 saturated carbocycles. The summed E-state index contributed by atoms with van der Waals surface area (Å²) in [6.07, 6.45) is 5.31. The van der Waals surface area contributed by atoms with Gasteiger partial charge >= 0.3 is 5.97 Å². The van der Waals surface area contributed by atoms with Gasteiger partial charge in [0.15, 0.2) is 0 Å². The van der Waals surface area contributed by atoms with Crippen LogP contribution in [-0.4, -0.2) is 12.1 Å². The molecule has 0 spiro atoms. The van der Waals surface area contributed by atoms with E-state index in [1.165, 1.54) is 0 Å². The summed E-state index contributed by atoms with van der Waals surface area (Å²) in [5.41, 5.74) is -0.184. The smallest absolute Gasteiger partial charge is 0.312 e. The van der Waals surface area contributed by atoms with Gasteiger partial charge in [-0.15, -0.1) is 0 Å². The topological polar surface area (TPSA) is 26.3 Å². The van der Waals surface area contributed by atoms with E-state index in [2.05, 4.69) is 13.8 Å². The van der Waals surface area contributed by atoms with Crippen molar-refractivity contribution in [2.75, 3.05) is 0 Å². The van der Waals surface area contributed by atoms with Crippen molar-refractivity contribution in [1.82, 2.24) is 0 Å². The summed E-state index contributed by atoms with van der Waals surface area (Å²) in [5.74, 6) is 0.0211. The fourth-order valence-electron chi connectivity index (χ4n) is 1.92. The van der Waals surface area contributed by atoms with Gasteiger partial charge in [0.05, 0.1) is 5.41 Å². The number of carbonyl (C=O) groups excluding carboxylic acids is 1. The third kappa shape index (κ3) is 2.23. The number of rotatable bonds is 4. The second kappa shape index (κ2) is 4.12. The zero-order valence-electron chi connectivity index (χ0n) is 8.93. The summed E-state index contributed by atoms with van der Waals surface area (Å²) < 4.78 is 5.28. The third-order valence-corrected chi connectivity index (χ3v) is 2.98. The van der Waals surface area contributed by atoms with Gasteiger partial charge in [0, 0.05) is 6.42 Å². The molecule has 1 aliphatic heterocycles. The van der Waals surface area contributed by atoms with Crippen molar-refractivity contribution in [2.24, 2.45) is 5.41 Å². The lowest BCUT2D eigenvalue weighted by atomic mass is 9.82. The Labute approximate surface area is 80.7 Å². The normalized spacial score (nSPS) is 33.5. The molecule has 0 aliphatic carbocycles. The highest BCUT2D eigenvalue weighted by Crippen LogP contribution is 2.39. The van der Waals surface area contributed by atoms with Gasteiger partial charge in [-0.25, -0.2) is 0 Å². The van der Waals surface area contributed by atoms with Crippen LogP contribution >= 0.6 is 0 Å². The molecule has 0 amide bonds. The standard InChI is InChI=1S/C11H20O2/c1-4-6-7-11(3)8-9(5-2)13-10(11)12/h9H,4-8H2,1-3H3. The van der Waals surface area contributed by atoms with Gasteiger partial charge in [-0.05, 0) is 19.8 Å². The average Bonchev–Trinajstić information content (AvgIpc) is 2.40. The predicted octanol–water partition coefficient (Wildman–Crippen LogP) is 2.91. The van der Waals surface area contributed by atoms with Gasteiger partial charge < -0.3 is 4.74 Å². The first-order valence-electron chi connectivity index (χ1n) is 5.33. The van der Waals surface area contributed by atoms with Gasteiger partial charge in [-0.1, -0.05) is 26.7 Å². The lowest BCUT2D eigenvalue weighted by Crippen LogP contribution is -2.21. The van der Waals surface area contributed by atoms with Crippen LogP contribution < -0.4 is 0 Å². The maximum absolute atomic E-state index is 11.5. The molecule has 2 unspecified atom stereocenters. The Morgan fingerprint density at radius 1 is 1.54 bits per heavy atom. The Balaban J connectivity index is 2.53. The van der Waals surface area contributed by atoms with E-state index < -0.39 is 0 Å². The number of ether oxygens (including phenoxy) is 1. The second-order valence-electron chi connectivity index (χ2n) is 4.30. The maximum atomic E-state index is 11.5. The van der Waals surface area contributed by atoms with Crippen LogP contribution in [0.5, 0.6) is 0 Å².